The first-order chi connectivity index (χ1) is 5.07. The van der Waals surface area contributed by atoms with Crippen LogP contribution in [-0.4, -0.2) is 5.78 Å². The molecular weight excluding hydrogens is 138 g/mol. The van der Waals surface area contributed by atoms with Crippen molar-refractivity contribution in [3.8, 4) is 6.07 Å². The Balaban J connectivity index is 3.75. The second-order valence-electron chi connectivity index (χ2n) is 3.33. The van der Waals surface area contributed by atoms with E-state index in [1.165, 1.54) is 0 Å². The Hall–Kier alpha value is -0.840. The van der Waals surface area contributed by atoms with Gasteiger partial charge in [-0.15, -0.1) is 0 Å². The number of nitrogens with zero attached hydrogens (tertiary/aromatic N) is 1. The van der Waals surface area contributed by atoms with Crippen molar-refractivity contribution in [3.63, 3.8) is 0 Å². The largest absolute Gasteiger partial charge is 0.298 e. The van der Waals surface area contributed by atoms with Crippen molar-refractivity contribution in [2.24, 2.45) is 11.8 Å². The quantitative estimate of drug-likeness (QED) is 0.621. The number of carbonyl (C=O) groups is 1. The molecule has 0 saturated heterocycles. The van der Waals surface area contributed by atoms with Crippen molar-refractivity contribution in [2.45, 2.75) is 33.6 Å². The van der Waals surface area contributed by atoms with E-state index < -0.39 is 0 Å². The summed E-state index contributed by atoms with van der Waals surface area (Å²) in [6, 6.07) is 1.87. The Morgan fingerprint density at radius 2 is 2.00 bits per heavy atom. The number of Topliss-reactive ketones (excluding diaryl/α,β-unsaturated/α-hetero) is 1. The normalized spacial score (nSPS) is 12.6. The van der Waals surface area contributed by atoms with Gasteiger partial charge in [0.2, 0.25) is 0 Å². The molecule has 0 rings (SSSR count). The highest BCUT2D eigenvalue weighted by molar-refractivity contribution is 5.82. The second-order valence-corrected chi connectivity index (χ2v) is 3.33. The minimum absolute atomic E-state index is 0.0506. The lowest BCUT2D eigenvalue weighted by molar-refractivity contribution is -0.121. The minimum Gasteiger partial charge on any atom is -0.298 e. The third kappa shape index (κ3) is 4.55. The van der Waals surface area contributed by atoms with Gasteiger partial charge in [0, 0.05) is 5.92 Å². The van der Waals surface area contributed by atoms with E-state index in [9.17, 15) is 4.79 Å². The summed E-state index contributed by atoms with van der Waals surface area (Å²) in [5, 5.41) is 8.25. The van der Waals surface area contributed by atoms with E-state index >= 15 is 0 Å². The van der Waals surface area contributed by atoms with Crippen LogP contribution in [0.2, 0.25) is 0 Å². The van der Waals surface area contributed by atoms with Crippen molar-refractivity contribution >= 4 is 5.78 Å². The second kappa shape index (κ2) is 4.90. The van der Waals surface area contributed by atoms with Gasteiger partial charge in [0.25, 0.3) is 0 Å². The fraction of sp³-hybridized carbons (Fsp3) is 0.778. The Bertz CT molecular complexity index is 167. The van der Waals surface area contributed by atoms with E-state index in [-0.39, 0.29) is 18.1 Å². The average molecular weight is 153 g/mol. The molecule has 0 heterocycles. The molecule has 0 bridgehead atoms. The van der Waals surface area contributed by atoms with Crippen LogP contribution in [0.4, 0.5) is 0 Å². The number of carbonyl (C=O) groups excluding carboxylic acids is 1. The molecule has 0 amide bonds. The highest BCUT2D eigenvalue weighted by Crippen LogP contribution is 2.12. The molecule has 0 saturated carbocycles. The van der Waals surface area contributed by atoms with E-state index in [1.807, 2.05) is 13.0 Å². The molecule has 0 spiro atoms. The summed E-state index contributed by atoms with van der Waals surface area (Å²) in [6.07, 6.45) is 0.953. The number of hydrogen-bond acceptors (Lipinski definition) is 2. The monoisotopic (exact) mass is 153 g/mol. The molecule has 0 aromatic heterocycles. The van der Waals surface area contributed by atoms with E-state index in [1.54, 1.807) is 0 Å². The first-order valence-electron chi connectivity index (χ1n) is 3.97. The van der Waals surface area contributed by atoms with Crippen LogP contribution in [0.15, 0.2) is 0 Å². The lowest BCUT2D eigenvalue weighted by atomic mass is 9.94. The maximum atomic E-state index is 11.1. The molecule has 1 atom stereocenters. The van der Waals surface area contributed by atoms with Gasteiger partial charge in [0.05, 0.1) is 12.5 Å². The van der Waals surface area contributed by atoms with Gasteiger partial charge in [-0.2, -0.15) is 5.26 Å². The zero-order valence-electron chi connectivity index (χ0n) is 7.42. The molecule has 2 nitrogen and oxygen atoms in total. The molecule has 2 heteroatoms. The number of hydrogen-bond donors (Lipinski definition) is 0. The minimum atomic E-state index is 0.0506. The van der Waals surface area contributed by atoms with E-state index in [0.717, 1.165) is 6.42 Å². The summed E-state index contributed by atoms with van der Waals surface area (Å²) in [4.78, 5) is 11.1. The molecule has 0 aliphatic heterocycles. The molecular formula is C9H15NO. The zero-order chi connectivity index (χ0) is 8.85. The van der Waals surface area contributed by atoms with Gasteiger partial charge in [0.15, 0.2) is 0 Å². The van der Waals surface area contributed by atoms with Gasteiger partial charge >= 0.3 is 0 Å². The third-order valence-electron chi connectivity index (χ3n) is 1.63. The fourth-order valence-corrected chi connectivity index (χ4v) is 1.09. The van der Waals surface area contributed by atoms with Crippen LogP contribution >= 0.6 is 0 Å². The van der Waals surface area contributed by atoms with E-state index in [2.05, 4.69) is 13.8 Å². The average Bonchev–Trinajstić information content (AvgIpc) is 1.86. The molecule has 0 aromatic rings. The van der Waals surface area contributed by atoms with Crippen molar-refractivity contribution in [1.82, 2.24) is 0 Å². The summed E-state index contributed by atoms with van der Waals surface area (Å²) in [6.45, 7) is 6.05. The molecule has 62 valence electrons. The molecule has 0 radical (unpaired) electrons. The summed E-state index contributed by atoms with van der Waals surface area (Å²) < 4.78 is 0. The maximum absolute atomic E-state index is 11.1. The lowest BCUT2D eigenvalue weighted by Gasteiger charge is -2.10. The van der Waals surface area contributed by atoms with Gasteiger partial charge in [-0.1, -0.05) is 20.8 Å². The molecule has 11 heavy (non-hydrogen) atoms. The van der Waals surface area contributed by atoms with Gasteiger partial charge < -0.3 is 0 Å². The predicted molar refractivity (Wildman–Crippen MR) is 43.9 cm³/mol. The van der Waals surface area contributed by atoms with Crippen LogP contribution in [0.1, 0.15) is 33.6 Å². The standard InChI is InChI=1S/C9H15NO/c1-7(2)6-8(3)9(11)4-5-10/h7-8H,4,6H2,1-3H3. The number of nitriles is 1. The van der Waals surface area contributed by atoms with Gasteiger partial charge in [-0.25, -0.2) is 0 Å². The van der Waals surface area contributed by atoms with Gasteiger partial charge in [-0.3, -0.25) is 4.79 Å². The molecule has 0 N–H and O–H groups in total. The van der Waals surface area contributed by atoms with E-state index in [0.29, 0.717) is 5.92 Å². The third-order valence-corrected chi connectivity index (χ3v) is 1.63. The molecule has 0 aliphatic carbocycles. The summed E-state index contributed by atoms with van der Waals surface area (Å²) >= 11 is 0. The lowest BCUT2D eigenvalue weighted by Crippen LogP contribution is -2.12. The Morgan fingerprint density at radius 1 is 1.45 bits per heavy atom. The van der Waals surface area contributed by atoms with Crippen LogP contribution in [-0.2, 0) is 4.79 Å². The first-order valence-corrected chi connectivity index (χ1v) is 3.97. The Morgan fingerprint density at radius 3 is 2.36 bits per heavy atom. The van der Waals surface area contributed by atoms with Crippen molar-refractivity contribution in [1.29, 1.82) is 5.26 Å². The van der Waals surface area contributed by atoms with Crippen LogP contribution in [0.3, 0.4) is 0 Å². The highest BCUT2D eigenvalue weighted by Gasteiger charge is 2.13. The van der Waals surface area contributed by atoms with Crippen LogP contribution in [0.5, 0.6) is 0 Å². The van der Waals surface area contributed by atoms with Crippen LogP contribution < -0.4 is 0 Å². The van der Waals surface area contributed by atoms with Crippen LogP contribution in [0.25, 0.3) is 0 Å². The Kier molecular flexibility index (Phi) is 4.52. The SMILES string of the molecule is CC(C)CC(C)C(=O)CC#N. The molecule has 0 fully saturated rings. The number of rotatable bonds is 4. The smallest absolute Gasteiger partial charge is 0.149 e. The predicted octanol–water partition coefficient (Wildman–Crippen LogP) is 2.15. The van der Waals surface area contributed by atoms with E-state index in [4.69, 9.17) is 5.26 Å². The van der Waals surface area contributed by atoms with Gasteiger partial charge in [-0.05, 0) is 12.3 Å². The molecule has 0 aromatic carbocycles. The van der Waals surface area contributed by atoms with Crippen molar-refractivity contribution in [3.05, 3.63) is 0 Å². The van der Waals surface area contributed by atoms with Crippen LogP contribution in [0, 0.1) is 23.2 Å². The zero-order valence-corrected chi connectivity index (χ0v) is 7.42. The summed E-state index contributed by atoms with van der Waals surface area (Å²) in [5.41, 5.74) is 0. The van der Waals surface area contributed by atoms with Crippen molar-refractivity contribution in [2.75, 3.05) is 0 Å². The van der Waals surface area contributed by atoms with Gasteiger partial charge in [0.1, 0.15) is 5.78 Å². The van der Waals surface area contributed by atoms with Crippen molar-refractivity contribution < 1.29 is 4.79 Å². The summed E-state index contributed by atoms with van der Waals surface area (Å²) in [7, 11) is 0. The summed E-state index contributed by atoms with van der Waals surface area (Å²) in [5.74, 6) is 0.656. The topological polar surface area (TPSA) is 40.9 Å². The highest BCUT2D eigenvalue weighted by atomic mass is 16.1. The number of ketones is 1. The fourth-order valence-electron chi connectivity index (χ4n) is 1.09. The Labute approximate surface area is 68.2 Å². The molecule has 1 unspecified atom stereocenters. The maximum Gasteiger partial charge on any atom is 0.149 e. The first kappa shape index (κ1) is 10.2. The molecule has 0 aliphatic rings.